The zero-order valence-corrected chi connectivity index (χ0v) is 14.0. The molecule has 0 radical (unpaired) electrons. The summed E-state index contributed by atoms with van der Waals surface area (Å²) >= 11 is 0. The first-order valence-corrected chi connectivity index (χ1v) is 8.54. The molecule has 1 fully saturated rings. The highest BCUT2D eigenvalue weighted by Crippen LogP contribution is 2.25. The van der Waals surface area contributed by atoms with Gasteiger partial charge in [-0.15, -0.1) is 0 Å². The molecule has 0 heterocycles. The van der Waals surface area contributed by atoms with Crippen LogP contribution in [0.15, 0.2) is 48.5 Å². The number of benzene rings is 2. The molecule has 0 bridgehead atoms. The van der Waals surface area contributed by atoms with Crippen molar-refractivity contribution < 1.29 is 9.53 Å². The first-order valence-electron chi connectivity index (χ1n) is 8.54. The molecule has 0 unspecified atom stereocenters. The average Bonchev–Trinajstić information content (AvgIpc) is 3.14. The van der Waals surface area contributed by atoms with E-state index >= 15 is 0 Å². The Hall–Kier alpha value is -2.49. The average molecular weight is 324 g/mol. The molecule has 2 aromatic rings. The third-order valence-electron chi connectivity index (χ3n) is 4.56. The summed E-state index contributed by atoms with van der Waals surface area (Å²) in [6, 6.07) is 15.1. The molecule has 3 rings (SSSR count). The highest BCUT2D eigenvalue weighted by Gasteiger charge is 2.14. The molecule has 2 N–H and O–H groups in total. The van der Waals surface area contributed by atoms with E-state index in [1.54, 1.807) is 19.2 Å². The first-order chi connectivity index (χ1) is 11.8. The van der Waals surface area contributed by atoms with E-state index in [0.29, 0.717) is 11.3 Å². The summed E-state index contributed by atoms with van der Waals surface area (Å²) in [6.07, 6.45) is 5.39. The van der Waals surface area contributed by atoms with Crippen molar-refractivity contribution in [2.45, 2.75) is 25.7 Å². The Morgan fingerprint density at radius 2 is 1.71 bits per heavy atom. The van der Waals surface area contributed by atoms with E-state index in [2.05, 4.69) is 10.6 Å². The van der Waals surface area contributed by atoms with E-state index in [1.807, 2.05) is 36.4 Å². The van der Waals surface area contributed by atoms with Gasteiger partial charge in [0.15, 0.2) is 0 Å². The first kappa shape index (κ1) is 16.4. The molecule has 4 heteroatoms. The fourth-order valence-electron chi connectivity index (χ4n) is 3.18. The van der Waals surface area contributed by atoms with Gasteiger partial charge in [0.1, 0.15) is 5.75 Å². The second-order valence-corrected chi connectivity index (χ2v) is 6.26. The SMILES string of the molecule is COc1ccccc1C(=O)Nc1ccc(NCC2CCCC2)cc1. The maximum Gasteiger partial charge on any atom is 0.259 e. The van der Waals surface area contributed by atoms with Crippen LogP contribution in [0.25, 0.3) is 0 Å². The Morgan fingerprint density at radius 3 is 2.42 bits per heavy atom. The van der Waals surface area contributed by atoms with Crippen LogP contribution in [0.3, 0.4) is 0 Å². The number of para-hydroxylation sites is 1. The predicted octanol–water partition coefficient (Wildman–Crippen LogP) is 4.55. The van der Waals surface area contributed by atoms with Crippen molar-refractivity contribution in [1.29, 1.82) is 0 Å². The summed E-state index contributed by atoms with van der Waals surface area (Å²) in [5.74, 6) is 1.21. The van der Waals surface area contributed by atoms with Crippen molar-refractivity contribution in [3.05, 3.63) is 54.1 Å². The number of anilines is 2. The molecule has 4 nitrogen and oxygen atoms in total. The molecule has 2 aromatic carbocycles. The van der Waals surface area contributed by atoms with Crippen molar-refractivity contribution in [1.82, 2.24) is 0 Å². The summed E-state index contributed by atoms with van der Waals surface area (Å²) in [5.41, 5.74) is 2.40. The molecule has 0 atom stereocenters. The number of nitrogens with one attached hydrogen (secondary N) is 2. The van der Waals surface area contributed by atoms with Gasteiger partial charge in [-0.1, -0.05) is 25.0 Å². The van der Waals surface area contributed by atoms with E-state index in [0.717, 1.165) is 23.8 Å². The number of methoxy groups -OCH3 is 1. The minimum Gasteiger partial charge on any atom is -0.496 e. The van der Waals surface area contributed by atoms with Crippen LogP contribution < -0.4 is 15.4 Å². The lowest BCUT2D eigenvalue weighted by Gasteiger charge is -2.13. The molecule has 126 valence electrons. The molecule has 24 heavy (non-hydrogen) atoms. The normalized spacial score (nSPS) is 14.4. The fraction of sp³-hybridized carbons (Fsp3) is 0.350. The van der Waals surface area contributed by atoms with Gasteiger partial charge in [-0.05, 0) is 55.2 Å². The number of hydrogen-bond acceptors (Lipinski definition) is 3. The fourth-order valence-corrected chi connectivity index (χ4v) is 3.18. The van der Waals surface area contributed by atoms with Gasteiger partial charge in [-0.2, -0.15) is 0 Å². The Labute approximate surface area is 143 Å². The second kappa shape index (κ2) is 7.86. The standard InChI is InChI=1S/C20H24N2O2/c1-24-19-9-5-4-8-18(19)20(23)22-17-12-10-16(11-13-17)21-14-15-6-2-3-7-15/h4-5,8-13,15,21H,2-3,6-7,14H2,1H3,(H,22,23). The summed E-state index contributed by atoms with van der Waals surface area (Å²) < 4.78 is 5.23. The van der Waals surface area contributed by atoms with E-state index in [1.165, 1.54) is 25.7 Å². The molecular weight excluding hydrogens is 300 g/mol. The van der Waals surface area contributed by atoms with Crippen molar-refractivity contribution >= 4 is 17.3 Å². The summed E-state index contributed by atoms with van der Waals surface area (Å²) in [4.78, 5) is 12.4. The van der Waals surface area contributed by atoms with Crippen molar-refractivity contribution in [2.24, 2.45) is 5.92 Å². The molecule has 1 aliphatic rings. The molecule has 0 aliphatic heterocycles. The summed E-state index contributed by atoms with van der Waals surface area (Å²) in [7, 11) is 1.57. The maximum atomic E-state index is 12.4. The third-order valence-corrected chi connectivity index (χ3v) is 4.56. The predicted molar refractivity (Wildman–Crippen MR) is 97.8 cm³/mol. The van der Waals surface area contributed by atoms with Crippen LogP contribution >= 0.6 is 0 Å². The zero-order valence-electron chi connectivity index (χ0n) is 14.0. The molecule has 0 aromatic heterocycles. The topological polar surface area (TPSA) is 50.4 Å². The lowest BCUT2D eigenvalue weighted by molar-refractivity contribution is 0.102. The molecular formula is C20H24N2O2. The van der Waals surface area contributed by atoms with Crippen LogP contribution in [0.2, 0.25) is 0 Å². The monoisotopic (exact) mass is 324 g/mol. The van der Waals surface area contributed by atoms with Crippen LogP contribution in [0.1, 0.15) is 36.0 Å². The van der Waals surface area contributed by atoms with Crippen molar-refractivity contribution in [3.8, 4) is 5.75 Å². The van der Waals surface area contributed by atoms with E-state index in [-0.39, 0.29) is 5.91 Å². The molecule has 0 spiro atoms. The Morgan fingerprint density at radius 1 is 1.04 bits per heavy atom. The van der Waals surface area contributed by atoms with Gasteiger partial charge in [0.05, 0.1) is 12.7 Å². The third kappa shape index (κ3) is 4.07. The van der Waals surface area contributed by atoms with Crippen molar-refractivity contribution in [3.63, 3.8) is 0 Å². The van der Waals surface area contributed by atoms with Gasteiger partial charge >= 0.3 is 0 Å². The lowest BCUT2D eigenvalue weighted by Crippen LogP contribution is -2.13. The number of carbonyl (C=O) groups is 1. The van der Waals surface area contributed by atoms with Gasteiger partial charge < -0.3 is 15.4 Å². The molecule has 1 saturated carbocycles. The molecule has 1 aliphatic carbocycles. The highest BCUT2D eigenvalue weighted by molar-refractivity contribution is 6.06. The largest absolute Gasteiger partial charge is 0.496 e. The van der Waals surface area contributed by atoms with Gasteiger partial charge in [-0.3, -0.25) is 4.79 Å². The Bertz CT molecular complexity index is 676. The zero-order chi connectivity index (χ0) is 16.8. The number of carbonyl (C=O) groups excluding carboxylic acids is 1. The second-order valence-electron chi connectivity index (χ2n) is 6.26. The maximum absolute atomic E-state index is 12.4. The minimum absolute atomic E-state index is 0.167. The summed E-state index contributed by atoms with van der Waals surface area (Å²) in [6.45, 7) is 1.03. The highest BCUT2D eigenvalue weighted by atomic mass is 16.5. The van der Waals surface area contributed by atoms with Crippen molar-refractivity contribution in [2.75, 3.05) is 24.3 Å². The number of hydrogen-bond donors (Lipinski definition) is 2. The number of ether oxygens (including phenoxy) is 1. The van der Waals surface area contributed by atoms with E-state index in [4.69, 9.17) is 4.74 Å². The van der Waals surface area contributed by atoms with Gasteiger partial charge in [0.2, 0.25) is 0 Å². The number of rotatable bonds is 6. The Balaban J connectivity index is 1.58. The van der Waals surface area contributed by atoms with Crippen LogP contribution in [0.5, 0.6) is 5.75 Å². The van der Waals surface area contributed by atoms with E-state index in [9.17, 15) is 4.79 Å². The lowest BCUT2D eigenvalue weighted by atomic mass is 10.1. The van der Waals surface area contributed by atoms with Gasteiger partial charge in [0.25, 0.3) is 5.91 Å². The summed E-state index contributed by atoms with van der Waals surface area (Å²) in [5, 5.41) is 6.39. The van der Waals surface area contributed by atoms with Crippen LogP contribution in [0.4, 0.5) is 11.4 Å². The van der Waals surface area contributed by atoms with Gasteiger partial charge in [0, 0.05) is 17.9 Å². The van der Waals surface area contributed by atoms with Crippen LogP contribution in [0, 0.1) is 5.92 Å². The molecule has 1 amide bonds. The molecule has 0 saturated heterocycles. The van der Waals surface area contributed by atoms with Crippen LogP contribution in [-0.2, 0) is 0 Å². The Kier molecular flexibility index (Phi) is 5.36. The van der Waals surface area contributed by atoms with Gasteiger partial charge in [-0.25, -0.2) is 0 Å². The van der Waals surface area contributed by atoms with Crippen LogP contribution in [-0.4, -0.2) is 19.6 Å². The van der Waals surface area contributed by atoms with E-state index < -0.39 is 0 Å². The number of amides is 1. The quantitative estimate of drug-likeness (QED) is 0.819. The minimum atomic E-state index is -0.167. The smallest absolute Gasteiger partial charge is 0.259 e.